The molecule has 0 unspecified atom stereocenters. The highest BCUT2D eigenvalue weighted by Gasteiger charge is 2.10. The molecule has 0 bridgehead atoms. The number of hydrogen-bond acceptors (Lipinski definition) is 2. The van der Waals surface area contributed by atoms with Gasteiger partial charge < -0.3 is 4.90 Å². The Balaban J connectivity index is 1.98. The lowest BCUT2D eigenvalue weighted by Gasteiger charge is -2.17. The molecule has 0 spiro atoms. The molecule has 2 heterocycles. The Morgan fingerprint density at radius 1 is 1.40 bits per heavy atom. The zero-order valence-electron chi connectivity index (χ0n) is 9.28. The van der Waals surface area contributed by atoms with Crippen LogP contribution in [0.15, 0.2) is 22.5 Å². The average Bonchev–Trinajstić information content (AvgIpc) is 2.67. The molecule has 1 aliphatic heterocycles. The van der Waals surface area contributed by atoms with Crippen molar-refractivity contribution in [1.29, 1.82) is 0 Å². The van der Waals surface area contributed by atoms with E-state index in [-0.39, 0.29) is 0 Å². The van der Waals surface area contributed by atoms with E-state index in [1.54, 1.807) is 11.3 Å². The summed E-state index contributed by atoms with van der Waals surface area (Å²) in [6.07, 6.45) is 5.12. The fraction of sp³-hybridized carbons (Fsp3) is 0.583. The van der Waals surface area contributed by atoms with Gasteiger partial charge in [0.1, 0.15) is 0 Å². The molecule has 1 aromatic rings. The van der Waals surface area contributed by atoms with E-state index in [1.807, 2.05) is 0 Å². The molecule has 1 saturated heterocycles. The summed E-state index contributed by atoms with van der Waals surface area (Å²) >= 11 is 1.79. The van der Waals surface area contributed by atoms with Crippen molar-refractivity contribution < 1.29 is 0 Å². The van der Waals surface area contributed by atoms with Crippen LogP contribution in [0.2, 0.25) is 0 Å². The first-order valence-corrected chi connectivity index (χ1v) is 6.51. The molecule has 0 N–H and O–H groups in total. The van der Waals surface area contributed by atoms with Gasteiger partial charge in [-0.25, -0.2) is 0 Å². The monoisotopic (exact) mass is 222 g/mol. The van der Waals surface area contributed by atoms with Crippen molar-refractivity contribution in [2.24, 2.45) is 4.99 Å². The molecule has 1 fully saturated rings. The van der Waals surface area contributed by atoms with Crippen molar-refractivity contribution in [2.45, 2.75) is 32.2 Å². The maximum absolute atomic E-state index is 4.72. The standard InChI is InChI=1S/C12H18N2S/c1-14-8-4-2-3-7-12(14)13-10-11-6-5-9-15-11/h5-6,9H,2-4,7-8,10H2,1H3. The van der Waals surface area contributed by atoms with Gasteiger partial charge in [0.15, 0.2) is 0 Å². The van der Waals surface area contributed by atoms with Gasteiger partial charge in [-0.1, -0.05) is 12.5 Å². The zero-order chi connectivity index (χ0) is 10.5. The molecule has 1 aromatic heterocycles. The number of likely N-dealkylation sites (tertiary alicyclic amines) is 1. The van der Waals surface area contributed by atoms with E-state index < -0.39 is 0 Å². The lowest BCUT2D eigenvalue weighted by Crippen LogP contribution is -2.25. The van der Waals surface area contributed by atoms with Crippen LogP contribution in [0.3, 0.4) is 0 Å². The average molecular weight is 222 g/mol. The van der Waals surface area contributed by atoms with Crippen LogP contribution < -0.4 is 0 Å². The first kappa shape index (κ1) is 10.7. The number of hydrogen-bond donors (Lipinski definition) is 0. The van der Waals surface area contributed by atoms with E-state index in [4.69, 9.17) is 4.99 Å². The summed E-state index contributed by atoms with van der Waals surface area (Å²) in [5.74, 6) is 1.29. The fourth-order valence-corrected chi connectivity index (χ4v) is 2.53. The van der Waals surface area contributed by atoms with E-state index >= 15 is 0 Å². The van der Waals surface area contributed by atoms with Crippen molar-refractivity contribution in [3.05, 3.63) is 22.4 Å². The van der Waals surface area contributed by atoms with Gasteiger partial charge in [0, 0.05) is 24.9 Å². The predicted octanol–water partition coefficient (Wildman–Crippen LogP) is 3.15. The van der Waals surface area contributed by atoms with Gasteiger partial charge in [0.05, 0.1) is 12.4 Å². The Morgan fingerprint density at radius 2 is 2.33 bits per heavy atom. The third-order valence-corrected chi connectivity index (χ3v) is 3.69. The van der Waals surface area contributed by atoms with Gasteiger partial charge in [0.25, 0.3) is 0 Å². The summed E-state index contributed by atoms with van der Waals surface area (Å²) in [5, 5.41) is 2.12. The minimum absolute atomic E-state index is 0.858. The van der Waals surface area contributed by atoms with E-state index in [2.05, 4.69) is 29.5 Å². The first-order chi connectivity index (χ1) is 7.36. The van der Waals surface area contributed by atoms with Crippen LogP contribution in [-0.4, -0.2) is 24.3 Å². The fourth-order valence-electron chi connectivity index (χ4n) is 1.90. The molecule has 0 aromatic carbocycles. The van der Waals surface area contributed by atoms with Crippen molar-refractivity contribution >= 4 is 17.2 Å². The summed E-state index contributed by atoms with van der Waals surface area (Å²) < 4.78 is 0. The molecule has 15 heavy (non-hydrogen) atoms. The largest absolute Gasteiger partial charge is 0.363 e. The Morgan fingerprint density at radius 3 is 3.13 bits per heavy atom. The second-order valence-electron chi connectivity index (χ2n) is 4.04. The van der Waals surface area contributed by atoms with E-state index in [1.165, 1.54) is 36.5 Å². The molecule has 82 valence electrons. The summed E-state index contributed by atoms with van der Waals surface area (Å²) in [5.41, 5.74) is 0. The van der Waals surface area contributed by atoms with Gasteiger partial charge in [-0.15, -0.1) is 11.3 Å². The predicted molar refractivity (Wildman–Crippen MR) is 66.6 cm³/mol. The van der Waals surface area contributed by atoms with Crippen LogP contribution in [0.1, 0.15) is 30.6 Å². The topological polar surface area (TPSA) is 15.6 Å². The van der Waals surface area contributed by atoms with E-state index in [0.717, 1.165) is 13.0 Å². The molecule has 0 atom stereocenters. The van der Waals surface area contributed by atoms with E-state index in [9.17, 15) is 0 Å². The van der Waals surface area contributed by atoms with Crippen LogP contribution in [0.25, 0.3) is 0 Å². The van der Waals surface area contributed by atoms with Gasteiger partial charge in [-0.3, -0.25) is 4.99 Å². The molecular formula is C12H18N2S. The van der Waals surface area contributed by atoms with Crippen LogP contribution in [0, 0.1) is 0 Å². The van der Waals surface area contributed by atoms with Crippen molar-refractivity contribution in [2.75, 3.05) is 13.6 Å². The van der Waals surface area contributed by atoms with Crippen LogP contribution in [-0.2, 0) is 6.54 Å². The smallest absolute Gasteiger partial charge is 0.0990 e. The summed E-state index contributed by atoms with van der Waals surface area (Å²) in [6.45, 7) is 2.03. The van der Waals surface area contributed by atoms with Crippen molar-refractivity contribution in [1.82, 2.24) is 4.90 Å². The molecule has 2 nitrogen and oxygen atoms in total. The van der Waals surface area contributed by atoms with Gasteiger partial charge in [-0.05, 0) is 24.3 Å². The lowest BCUT2D eigenvalue weighted by atomic mass is 10.2. The highest BCUT2D eigenvalue weighted by atomic mass is 32.1. The molecular weight excluding hydrogens is 204 g/mol. The Kier molecular flexibility index (Phi) is 3.78. The molecule has 0 saturated carbocycles. The third kappa shape index (κ3) is 3.06. The number of nitrogens with zero attached hydrogens (tertiary/aromatic N) is 2. The van der Waals surface area contributed by atoms with Crippen LogP contribution in [0.5, 0.6) is 0 Å². The molecule has 3 heteroatoms. The second kappa shape index (κ2) is 5.31. The summed E-state index contributed by atoms with van der Waals surface area (Å²) in [4.78, 5) is 8.40. The van der Waals surface area contributed by atoms with Gasteiger partial charge >= 0.3 is 0 Å². The SMILES string of the molecule is CN1CCCCCC1=NCc1cccs1. The molecule has 0 aliphatic carbocycles. The maximum Gasteiger partial charge on any atom is 0.0990 e. The lowest BCUT2D eigenvalue weighted by molar-refractivity contribution is 0.492. The first-order valence-electron chi connectivity index (χ1n) is 5.63. The Labute approximate surface area is 95.6 Å². The van der Waals surface area contributed by atoms with E-state index in [0.29, 0.717) is 0 Å². The number of thiophene rings is 1. The van der Waals surface area contributed by atoms with Crippen molar-refractivity contribution in [3.63, 3.8) is 0 Å². The number of rotatable bonds is 2. The van der Waals surface area contributed by atoms with Crippen LogP contribution in [0.4, 0.5) is 0 Å². The summed E-state index contributed by atoms with van der Waals surface area (Å²) in [6, 6.07) is 4.25. The summed E-state index contributed by atoms with van der Waals surface area (Å²) in [7, 11) is 2.17. The molecule has 0 amide bonds. The Hall–Kier alpha value is -0.830. The van der Waals surface area contributed by atoms with Gasteiger partial charge in [0.2, 0.25) is 0 Å². The van der Waals surface area contributed by atoms with Crippen LogP contribution >= 0.6 is 11.3 Å². The normalized spacial score (nSPS) is 20.6. The number of aliphatic imine (C=N–C) groups is 1. The maximum atomic E-state index is 4.72. The quantitative estimate of drug-likeness (QED) is 0.750. The zero-order valence-corrected chi connectivity index (χ0v) is 10.1. The Bertz CT molecular complexity index is 316. The molecule has 1 aliphatic rings. The third-order valence-electron chi connectivity index (χ3n) is 2.83. The molecule has 0 radical (unpaired) electrons. The van der Waals surface area contributed by atoms with Crippen molar-refractivity contribution in [3.8, 4) is 0 Å². The molecule has 2 rings (SSSR count). The highest BCUT2D eigenvalue weighted by molar-refractivity contribution is 7.09. The second-order valence-corrected chi connectivity index (χ2v) is 5.08. The number of amidine groups is 1. The highest BCUT2D eigenvalue weighted by Crippen LogP contribution is 2.14. The van der Waals surface area contributed by atoms with Gasteiger partial charge in [-0.2, -0.15) is 0 Å². The minimum Gasteiger partial charge on any atom is -0.363 e. The minimum atomic E-state index is 0.858.